The van der Waals surface area contributed by atoms with Crippen molar-refractivity contribution >= 4 is 23.0 Å². The number of nitrogen functional groups attached to an aromatic ring is 1. The van der Waals surface area contributed by atoms with E-state index in [1.807, 2.05) is 18.2 Å². The first kappa shape index (κ1) is 9.62. The Bertz CT molecular complexity index is 324. The number of halogens is 1. The maximum Gasteiger partial charge on any atom is 0.0642 e. The summed E-state index contributed by atoms with van der Waals surface area (Å²) in [7, 11) is 0. The summed E-state index contributed by atoms with van der Waals surface area (Å²) in [6.07, 6.45) is 0. The van der Waals surface area contributed by atoms with Gasteiger partial charge in [0.05, 0.1) is 23.9 Å². The van der Waals surface area contributed by atoms with Gasteiger partial charge in [0.1, 0.15) is 0 Å². The molecule has 0 unspecified atom stereocenters. The van der Waals surface area contributed by atoms with Crippen LogP contribution >= 0.6 is 11.6 Å². The molecule has 0 aliphatic carbocycles. The van der Waals surface area contributed by atoms with E-state index >= 15 is 0 Å². The van der Waals surface area contributed by atoms with Crippen LogP contribution in [0.2, 0.25) is 5.02 Å². The molecule has 1 aliphatic heterocycles. The average molecular weight is 213 g/mol. The zero-order valence-corrected chi connectivity index (χ0v) is 8.63. The van der Waals surface area contributed by atoms with Crippen molar-refractivity contribution in [3.05, 3.63) is 23.2 Å². The summed E-state index contributed by atoms with van der Waals surface area (Å²) >= 11 is 5.85. The Morgan fingerprint density at radius 2 is 2.00 bits per heavy atom. The minimum atomic E-state index is 0.613. The standard InChI is InChI=1S/C10H13ClN2O/c11-9-2-1-8(7-10(9)12)13-3-5-14-6-4-13/h1-2,7H,3-6,12H2. The lowest BCUT2D eigenvalue weighted by Gasteiger charge is -2.29. The van der Waals surface area contributed by atoms with Crippen LogP contribution in [-0.2, 0) is 4.74 Å². The van der Waals surface area contributed by atoms with Crippen molar-refractivity contribution in [3.8, 4) is 0 Å². The first-order valence-corrected chi connectivity index (χ1v) is 5.03. The minimum Gasteiger partial charge on any atom is -0.397 e. The van der Waals surface area contributed by atoms with Gasteiger partial charge in [0.25, 0.3) is 0 Å². The fraction of sp³-hybridized carbons (Fsp3) is 0.400. The molecule has 4 heteroatoms. The molecule has 1 aromatic carbocycles. The zero-order chi connectivity index (χ0) is 9.97. The molecule has 1 fully saturated rings. The van der Waals surface area contributed by atoms with Crippen molar-refractivity contribution < 1.29 is 4.74 Å². The van der Waals surface area contributed by atoms with Crippen molar-refractivity contribution in [2.24, 2.45) is 0 Å². The second-order valence-corrected chi connectivity index (χ2v) is 3.71. The van der Waals surface area contributed by atoms with E-state index < -0.39 is 0 Å². The Kier molecular flexibility index (Phi) is 2.79. The Labute approximate surface area is 88.4 Å². The van der Waals surface area contributed by atoms with Gasteiger partial charge in [0.2, 0.25) is 0 Å². The number of morpholine rings is 1. The molecule has 0 aromatic heterocycles. The lowest BCUT2D eigenvalue weighted by Crippen LogP contribution is -2.36. The topological polar surface area (TPSA) is 38.5 Å². The molecule has 1 heterocycles. The van der Waals surface area contributed by atoms with E-state index in [0.717, 1.165) is 32.0 Å². The second kappa shape index (κ2) is 4.07. The van der Waals surface area contributed by atoms with E-state index in [9.17, 15) is 0 Å². The largest absolute Gasteiger partial charge is 0.397 e. The molecule has 0 radical (unpaired) electrons. The van der Waals surface area contributed by atoms with Gasteiger partial charge in [-0.05, 0) is 18.2 Å². The van der Waals surface area contributed by atoms with Crippen molar-refractivity contribution in [2.45, 2.75) is 0 Å². The number of rotatable bonds is 1. The number of anilines is 2. The Morgan fingerprint density at radius 1 is 1.29 bits per heavy atom. The van der Waals surface area contributed by atoms with Crippen LogP contribution in [0.4, 0.5) is 11.4 Å². The third kappa shape index (κ3) is 1.94. The van der Waals surface area contributed by atoms with Crippen LogP contribution in [-0.4, -0.2) is 26.3 Å². The summed E-state index contributed by atoms with van der Waals surface area (Å²) in [4.78, 5) is 2.25. The van der Waals surface area contributed by atoms with Gasteiger partial charge >= 0.3 is 0 Å². The molecule has 3 nitrogen and oxygen atoms in total. The molecule has 0 saturated carbocycles. The molecular formula is C10H13ClN2O. The maximum atomic E-state index is 5.85. The summed E-state index contributed by atoms with van der Waals surface area (Å²) in [6.45, 7) is 3.40. The van der Waals surface area contributed by atoms with Gasteiger partial charge in [-0.25, -0.2) is 0 Å². The highest BCUT2D eigenvalue weighted by molar-refractivity contribution is 6.33. The van der Waals surface area contributed by atoms with Gasteiger partial charge in [-0.1, -0.05) is 11.6 Å². The fourth-order valence-corrected chi connectivity index (χ4v) is 1.67. The van der Waals surface area contributed by atoms with Crippen LogP contribution in [0.1, 0.15) is 0 Å². The number of nitrogens with zero attached hydrogens (tertiary/aromatic N) is 1. The van der Waals surface area contributed by atoms with Crippen molar-refractivity contribution in [1.82, 2.24) is 0 Å². The molecule has 14 heavy (non-hydrogen) atoms. The average Bonchev–Trinajstić information content (AvgIpc) is 2.23. The summed E-state index contributed by atoms with van der Waals surface area (Å²) in [5.41, 5.74) is 7.49. The van der Waals surface area contributed by atoms with E-state index in [0.29, 0.717) is 10.7 Å². The molecular weight excluding hydrogens is 200 g/mol. The summed E-state index contributed by atoms with van der Waals surface area (Å²) in [6, 6.07) is 5.74. The highest BCUT2D eigenvalue weighted by atomic mass is 35.5. The highest BCUT2D eigenvalue weighted by Gasteiger charge is 2.11. The van der Waals surface area contributed by atoms with Crippen molar-refractivity contribution in [1.29, 1.82) is 0 Å². The monoisotopic (exact) mass is 212 g/mol. The number of ether oxygens (including phenoxy) is 1. The van der Waals surface area contributed by atoms with Gasteiger partial charge in [-0.15, -0.1) is 0 Å². The Hall–Kier alpha value is -0.930. The SMILES string of the molecule is Nc1cc(N2CCOCC2)ccc1Cl. The van der Waals surface area contributed by atoms with Crippen LogP contribution < -0.4 is 10.6 Å². The molecule has 2 N–H and O–H groups in total. The van der Waals surface area contributed by atoms with Crippen molar-refractivity contribution in [3.63, 3.8) is 0 Å². The number of hydrogen-bond acceptors (Lipinski definition) is 3. The van der Waals surface area contributed by atoms with Crippen LogP contribution in [0.15, 0.2) is 18.2 Å². The van der Waals surface area contributed by atoms with Gasteiger partial charge in [-0.3, -0.25) is 0 Å². The Morgan fingerprint density at radius 3 is 2.64 bits per heavy atom. The van der Waals surface area contributed by atoms with Gasteiger partial charge in [0.15, 0.2) is 0 Å². The molecule has 0 bridgehead atoms. The van der Waals surface area contributed by atoms with Crippen LogP contribution in [0.3, 0.4) is 0 Å². The third-order valence-electron chi connectivity index (χ3n) is 2.36. The smallest absolute Gasteiger partial charge is 0.0642 e. The van der Waals surface area contributed by atoms with E-state index in [2.05, 4.69) is 4.90 Å². The van der Waals surface area contributed by atoms with Crippen LogP contribution in [0, 0.1) is 0 Å². The predicted octanol–water partition coefficient (Wildman–Crippen LogP) is 1.76. The molecule has 1 saturated heterocycles. The predicted molar refractivity (Wildman–Crippen MR) is 58.9 cm³/mol. The number of benzene rings is 1. The van der Waals surface area contributed by atoms with Gasteiger partial charge in [0, 0.05) is 18.8 Å². The van der Waals surface area contributed by atoms with Gasteiger partial charge < -0.3 is 15.4 Å². The van der Waals surface area contributed by atoms with E-state index in [1.165, 1.54) is 0 Å². The Balaban J connectivity index is 2.18. The lowest BCUT2D eigenvalue weighted by molar-refractivity contribution is 0.122. The minimum absolute atomic E-state index is 0.613. The molecule has 0 atom stereocenters. The zero-order valence-electron chi connectivity index (χ0n) is 7.87. The molecule has 0 spiro atoms. The quantitative estimate of drug-likeness (QED) is 0.721. The van der Waals surface area contributed by atoms with Crippen molar-refractivity contribution in [2.75, 3.05) is 36.9 Å². The molecule has 0 amide bonds. The third-order valence-corrected chi connectivity index (χ3v) is 2.70. The molecule has 2 rings (SSSR count). The molecule has 1 aromatic rings. The maximum absolute atomic E-state index is 5.85. The normalized spacial score (nSPS) is 17.1. The molecule has 76 valence electrons. The second-order valence-electron chi connectivity index (χ2n) is 3.31. The van der Waals surface area contributed by atoms with Crippen LogP contribution in [0.25, 0.3) is 0 Å². The van der Waals surface area contributed by atoms with E-state index in [1.54, 1.807) is 0 Å². The summed E-state index contributed by atoms with van der Waals surface area (Å²) < 4.78 is 5.28. The first-order valence-electron chi connectivity index (χ1n) is 4.65. The first-order chi connectivity index (χ1) is 6.77. The van der Waals surface area contributed by atoms with E-state index in [4.69, 9.17) is 22.1 Å². The number of nitrogens with two attached hydrogens (primary N) is 1. The lowest BCUT2D eigenvalue weighted by atomic mass is 10.2. The molecule has 1 aliphatic rings. The highest BCUT2D eigenvalue weighted by Crippen LogP contribution is 2.25. The van der Waals surface area contributed by atoms with E-state index in [-0.39, 0.29) is 0 Å². The fourth-order valence-electron chi connectivity index (χ4n) is 1.55. The van der Waals surface area contributed by atoms with Crippen LogP contribution in [0.5, 0.6) is 0 Å². The summed E-state index contributed by atoms with van der Waals surface area (Å²) in [5, 5.41) is 0.613. The van der Waals surface area contributed by atoms with Gasteiger partial charge in [-0.2, -0.15) is 0 Å². The number of hydrogen-bond donors (Lipinski definition) is 1. The summed E-state index contributed by atoms with van der Waals surface area (Å²) in [5.74, 6) is 0.